The Balaban J connectivity index is 1.20. The number of para-hydroxylation sites is 1. The van der Waals surface area contributed by atoms with Crippen LogP contribution in [-0.4, -0.2) is 62.3 Å². The van der Waals surface area contributed by atoms with Crippen LogP contribution >= 0.6 is 0 Å². The van der Waals surface area contributed by atoms with Crippen LogP contribution < -0.4 is 9.47 Å². The topological polar surface area (TPSA) is 105 Å². The SMILES string of the molecule is CN(C)CCOc1cc(F)cc(-c2cccc3[nH]c(-c4n[nH]c5cnc(-c6cncc(OCc7ccccc7)c6)cc45)nc23)c1. The molecule has 3 aromatic carbocycles. The fourth-order valence-corrected chi connectivity index (χ4v) is 5.16. The number of halogens is 1. The summed E-state index contributed by atoms with van der Waals surface area (Å²) in [5.74, 6) is 1.33. The number of ether oxygens (including phenoxy) is 2. The number of H-pyrrole nitrogens is 2. The zero-order chi connectivity index (χ0) is 30.8. The monoisotopic (exact) mass is 599 g/mol. The van der Waals surface area contributed by atoms with Crippen molar-refractivity contribution >= 4 is 21.9 Å². The van der Waals surface area contributed by atoms with E-state index in [-0.39, 0.29) is 5.82 Å². The Morgan fingerprint density at radius 2 is 1.69 bits per heavy atom. The van der Waals surface area contributed by atoms with Gasteiger partial charge in [0.1, 0.15) is 36.2 Å². The first-order chi connectivity index (χ1) is 22.0. The summed E-state index contributed by atoms with van der Waals surface area (Å²) in [6.45, 7) is 1.62. The van der Waals surface area contributed by atoms with Gasteiger partial charge in [0.15, 0.2) is 5.82 Å². The number of likely N-dealkylation sites (N-methyl/N-ethyl adjacent to an activating group) is 1. The molecule has 0 radical (unpaired) electrons. The van der Waals surface area contributed by atoms with E-state index < -0.39 is 0 Å². The number of aromatic amines is 2. The maximum absolute atomic E-state index is 14.7. The third kappa shape index (κ3) is 6.09. The first-order valence-corrected chi connectivity index (χ1v) is 14.5. The molecule has 7 aromatic rings. The molecule has 7 rings (SSSR count). The van der Waals surface area contributed by atoms with Crippen LogP contribution in [0.2, 0.25) is 0 Å². The summed E-state index contributed by atoms with van der Waals surface area (Å²) in [5.41, 5.74) is 7.00. The number of imidazole rings is 1. The first-order valence-electron chi connectivity index (χ1n) is 14.5. The lowest BCUT2D eigenvalue weighted by atomic mass is 10.0. The minimum Gasteiger partial charge on any atom is -0.492 e. The summed E-state index contributed by atoms with van der Waals surface area (Å²) in [5, 5.41) is 8.48. The van der Waals surface area contributed by atoms with Crippen molar-refractivity contribution in [3.05, 3.63) is 109 Å². The van der Waals surface area contributed by atoms with Gasteiger partial charge in [0, 0.05) is 35.3 Å². The Kier molecular flexibility index (Phi) is 7.62. The quantitative estimate of drug-likeness (QED) is 0.176. The Morgan fingerprint density at radius 3 is 2.56 bits per heavy atom. The normalized spacial score (nSPS) is 11.5. The van der Waals surface area contributed by atoms with E-state index in [1.807, 2.05) is 85.7 Å². The lowest BCUT2D eigenvalue weighted by Crippen LogP contribution is -2.19. The summed E-state index contributed by atoms with van der Waals surface area (Å²) in [7, 11) is 3.93. The number of benzene rings is 3. The van der Waals surface area contributed by atoms with Crippen LogP contribution in [0.15, 0.2) is 97.5 Å². The molecule has 0 amide bonds. The molecule has 2 N–H and O–H groups in total. The average Bonchev–Trinajstić information content (AvgIpc) is 3.68. The van der Waals surface area contributed by atoms with Gasteiger partial charge in [-0.3, -0.25) is 15.1 Å². The predicted octanol–water partition coefficient (Wildman–Crippen LogP) is 6.89. The van der Waals surface area contributed by atoms with Gasteiger partial charge in [-0.2, -0.15) is 5.10 Å². The summed E-state index contributed by atoms with van der Waals surface area (Å²) in [4.78, 5) is 19.4. The summed E-state index contributed by atoms with van der Waals surface area (Å²) in [6, 6.07) is 24.4. The van der Waals surface area contributed by atoms with Crippen LogP contribution in [0.1, 0.15) is 5.56 Å². The van der Waals surface area contributed by atoms with E-state index in [1.165, 1.54) is 12.1 Å². The van der Waals surface area contributed by atoms with E-state index in [4.69, 9.17) is 14.5 Å². The maximum atomic E-state index is 14.7. The molecule has 0 spiro atoms. The van der Waals surface area contributed by atoms with Gasteiger partial charge in [-0.05, 0) is 55.6 Å². The predicted molar refractivity (Wildman–Crippen MR) is 172 cm³/mol. The van der Waals surface area contributed by atoms with Gasteiger partial charge < -0.3 is 19.4 Å². The van der Waals surface area contributed by atoms with E-state index in [0.29, 0.717) is 47.3 Å². The molecular formula is C35H30FN7O2. The fraction of sp³-hybridized carbons (Fsp3) is 0.143. The minimum atomic E-state index is -0.373. The zero-order valence-electron chi connectivity index (χ0n) is 24.8. The molecule has 9 nitrogen and oxygen atoms in total. The van der Waals surface area contributed by atoms with Crippen LogP contribution in [0.25, 0.3) is 55.8 Å². The standard InChI is InChI=1S/C35H30FN7O2/c1-43(2)11-12-44-26-14-23(13-25(36)16-26)28-9-6-10-30-33(28)40-35(39-30)34-29-17-31(38-20-32(29)41-42-34)24-15-27(19-37-18-24)45-21-22-7-4-3-5-8-22/h3-10,13-20H,11-12,21H2,1-2H3,(H,39,40)(H,41,42). The van der Waals surface area contributed by atoms with Crippen LogP contribution in [0.5, 0.6) is 11.5 Å². The molecule has 0 bridgehead atoms. The van der Waals surface area contributed by atoms with E-state index in [0.717, 1.165) is 45.3 Å². The lowest BCUT2D eigenvalue weighted by Gasteiger charge is -2.12. The van der Waals surface area contributed by atoms with Crippen molar-refractivity contribution in [3.63, 3.8) is 0 Å². The molecule has 4 aromatic heterocycles. The molecular weight excluding hydrogens is 569 g/mol. The molecule has 4 heterocycles. The number of fused-ring (bicyclic) bond motifs is 2. The van der Waals surface area contributed by atoms with Gasteiger partial charge in [-0.15, -0.1) is 0 Å². The molecule has 0 fully saturated rings. The molecule has 0 saturated heterocycles. The van der Waals surface area contributed by atoms with Gasteiger partial charge in [0.05, 0.1) is 34.6 Å². The van der Waals surface area contributed by atoms with E-state index in [2.05, 4.69) is 25.1 Å². The van der Waals surface area contributed by atoms with Crippen molar-refractivity contribution in [2.24, 2.45) is 0 Å². The highest BCUT2D eigenvalue weighted by Gasteiger charge is 2.17. The number of nitrogens with one attached hydrogen (secondary N) is 2. The smallest absolute Gasteiger partial charge is 0.159 e. The van der Waals surface area contributed by atoms with Crippen LogP contribution in [0.3, 0.4) is 0 Å². The van der Waals surface area contributed by atoms with Crippen molar-refractivity contribution in [3.8, 4) is 45.4 Å². The highest BCUT2D eigenvalue weighted by molar-refractivity contribution is 5.97. The van der Waals surface area contributed by atoms with Gasteiger partial charge in [-0.1, -0.05) is 42.5 Å². The zero-order valence-corrected chi connectivity index (χ0v) is 24.8. The second-order valence-corrected chi connectivity index (χ2v) is 11.0. The van der Waals surface area contributed by atoms with Gasteiger partial charge in [-0.25, -0.2) is 9.37 Å². The molecule has 0 atom stereocenters. The third-order valence-corrected chi connectivity index (χ3v) is 7.43. The minimum absolute atomic E-state index is 0.373. The number of aromatic nitrogens is 6. The Morgan fingerprint density at radius 1 is 0.822 bits per heavy atom. The molecule has 0 aliphatic rings. The third-order valence-electron chi connectivity index (χ3n) is 7.43. The Bertz CT molecular complexity index is 2110. The molecule has 0 saturated carbocycles. The molecule has 224 valence electrons. The molecule has 10 heteroatoms. The maximum Gasteiger partial charge on any atom is 0.159 e. The Hall–Kier alpha value is -5.61. The highest BCUT2D eigenvalue weighted by Crippen LogP contribution is 2.34. The van der Waals surface area contributed by atoms with E-state index in [9.17, 15) is 4.39 Å². The van der Waals surface area contributed by atoms with Crippen molar-refractivity contribution in [1.29, 1.82) is 0 Å². The number of nitrogens with zero attached hydrogens (tertiary/aromatic N) is 5. The second-order valence-electron chi connectivity index (χ2n) is 11.0. The summed E-state index contributed by atoms with van der Waals surface area (Å²) >= 11 is 0. The number of hydrogen-bond acceptors (Lipinski definition) is 7. The lowest BCUT2D eigenvalue weighted by molar-refractivity contribution is 0.260. The van der Waals surface area contributed by atoms with Crippen LogP contribution in [0, 0.1) is 5.82 Å². The average molecular weight is 600 g/mol. The fourth-order valence-electron chi connectivity index (χ4n) is 5.16. The molecule has 0 aliphatic carbocycles. The second kappa shape index (κ2) is 12.2. The first kappa shape index (κ1) is 28.2. The molecule has 0 aliphatic heterocycles. The van der Waals surface area contributed by atoms with Crippen molar-refractivity contribution in [1.82, 2.24) is 35.0 Å². The van der Waals surface area contributed by atoms with Crippen molar-refractivity contribution < 1.29 is 13.9 Å². The molecule has 45 heavy (non-hydrogen) atoms. The van der Waals surface area contributed by atoms with Gasteiger partial charge >= 0.3 is 0 Å². The van der Waals surface area contributed by atoms with Gasteiger partial charge in [0.25, 0.3) is 0 Å². The largest absolute Gasteiger partial charge is 0.492 e. The van der Waals surface area contributed by atoms with Gasteiger partial charge in [0.2, 0.25) is 0 Å². The molecule has 0 unspecified atom stereocenters. The van der Waals surface area contributed by atoms with E-state index in [1.54, 1.807) is 18.6 Å². The van der Waals surface area contributed by atoms with Crippen molar-refractivity contribution in [2.45, 2.75) is 6.61 Å². The number of pyridine rings is 2. The highest BCUT2D eigenvalue weighted by atomic mass is 19.1. The van der Waals surface area contributed by atoms with Crippen LogP contribution in [-0.2, 0) is 6.61 Å². The van der Waals surface area contributed by atoms with Crippen molar-refractivity contribution in [2.75, 3.05) is 27.2 Å². The Labute approximate surface area is 258 Å². The summed E-state index contributed by atoms with van der Waals surface area (Å²) < 4.78 is 26.5. The number of rotatable bonds is 10. The number of hydrogen-bond donors (Lipinski definition) is 2. The summed E-state index contributed by atoms with van der Waals surface area (Å²) in [6.07, 6.45) is 5.20. The van der Waals surface area contributed by atoms with Crippen LogP contribution in [0.4, 0.5) is 4.39 Å². The van der Waals surface area contributed by atoms with E-state index >= 15 is 0 Å².